The highest BCUT2D eigenvalue weighted by Crippen LogP contribution is 2.28. The van der Waals surface area contributed by atoms with Gasteiger partial charge in [-0.1, -0.05) is 12.1 Å². The first-order valence-electron chi connectivity index (χ1n) is 8.66. The zero-order valence-electron chi connectivity index (χ0n) is 15.9. The van der Waals surface area contributed by atoms with Gasteiger partial charge in [-0.25, -0.2) is 4.79 Å². The molecule has 0 unspecified atom stereocenters. The summed E-state index contributed by atoms with van der Waals surface area (Å²) >= 11 is 1.41. The van der Waals surface area contributed by atoms with Crippen LogP contribution in [-0.2, 0) is 17.9 Å². The lowest BCUT2D eigenvalue weighted by molar-refractivity contribution is -0.132. The molecule has 9 heteroatoms. The largest absolute Gasteiger partial charge is 0.493 e. The number of amides is 1. The fourth-order valence-corrected chi connectivity index (χ4v) is 3.35. The van der Waals surface area contributed by atoms with E-state index in [4.69, 9.17) is 13.9 Å². The highest BCUT2D eigenvalue weighted by Gasteiger charge is 2.18. The monoisotopic (exact) mass is 403 g/mol. The summed E-state index contributed by atoms with van der Waals surface area (Å²) in [5.41, 5.74) is 0.889. The van der Waals surface area contributed by atoms with Crippen LogP contribution >= 0.6 is 11.3 Å². The fourth-order valence-electron chi connectivity index (χ4n) is 2.71. The van der Waals surface area contributed by atoms with E-state index in [0.717, 1.165) is 15.1 Å². The van der Waals surface area contributed by atoms with Crippen molar-refractivity contribution in [1.82, 2.24) is 14.7 Å². The molecule has 28 heavy (non-hydrogen) atoms. The molecule has 0 aliphatic heterocycles. The van der Waals surface area contributed by atoms with Gasteiger partial charge in [0, 0.05) is 13.1 Å². The summed E-state index contributed by atoms with van der Waals surface area (Å²) in [5, 5.41) is 5.99. The number of benzene rings is 1. The zero-order valence-corrected chi connectivity index (χ0v) is 16.7. The van der Waals surface area contributed by atoms with Gasteiger partial charge in [-0.3, -0.25) is 4.79 Å². The van der Waals surface area contributed by atoms with Gasteiger partial charge in [-0.2, -0.15) is 4.68 Å². The van der Waals surface area contributed by atoms with Crippen LogP contribution < -0.4 is 15.2 Å². The number of thiophene rings is 1. The van der Waals surface area contributed by atoms with Crippen molar-refractivity contribution < 1.29 is 18.7 Å². The Labute approximate surface area is 165 Å². The fraction of sp³-hybridized carbons (Fsp3) is 0.316. The summed E-state index contributed by atoms with van der Waals surface area (Å²) in [6.07, 6.45) is 0. The van der Waals surface area contributed by atoms with Crippen molar-refractivity contribution in [2.75, 3.05) is 20.8 Å². The van der Waals surface area contributed by atoms with E-state index in [1.165, 1.54) is 11.3 Å². The van der Waals surface area contributed by atoms with Crippen molar-refractivity contribution in [3.8, 4) is 22.3 Å². The Morgan fingerprint density at radius 2 is 2.04 bits per heavy atom. The van der Waals surface area contributed by atoms with E-state index >= 15 is 0 Å². The van der Waals surface area contributed by atoms with Crippen LogP contribution in [0, 0.1) is 0 Å². The number of aromatic nitrogens is 2. The molecule has 0 aliphatic carbocycles. The molecule has 0 saturated carbocycles. The molecule has 0 aliphatic rings. The summed E-state index contributed by atoms with van der Waals surface area (Å²) in [5.74, 6) is 0.549. The molecule has 3 aromatic rings. The predicted molar refractivity (Wildman–Crippen MR) is 105 cm³/mol. The molecule has 0 spiro atoms. The van der Waals surface area contributed by atoms with Crippen molar-refractivity contribution in [2.45, 2.75) is 20.0 Å². The molecule has 2 aromatic heterocycles. The van der Waals surface area contributed by atoms with Gasteiger partial charge < -0.3 is 18.8 Å². The number of nitrogens with zero attached hydrogens (tertiary/aromatic N) is 3. The summed E-state index contributed by atoms with van der Waals surface area (Å²) in [6.45, 7) is 2.55. The number of carbonyl (C=O) groups is 1. The number of hydrogen-bond donors (Lipinski definition) is 0. The molecule has 0 atom stereocenters. The Bertz CT molecular complexity index is 993. The van der Waals surface area contributed by atoms with Crippen LogP contribution in [-0.4, -0.2) is 41.4 Å². The number of hydrogen-bond acceptors (Lipinski definition) is 7. The van der Waals surface area contributed by atoms with E-state index in [1.54, 1.807) is 31.3 Å². The highest BCUT2D eigenvalue weighted by molar-refractivity contribution is 7.13. The average Bonchev–Trinajstić information content (AvgIpc) is 3.36. The normalized spacial score (nSPS) is 10.7. The van der Waals surface area contributed by atoms with Crippen molar-refractivity contribution in [3.05, 3.63) is 51.8 Å². The maximum absolute atomic E-state index is 12.7. The molecule has 8 nitrogen and oxygen atoms in total. The van der Waals surface area contributed by atoms with Gasteiger partial charge in [0.15, 0.2) is 11.5 Å². The summed E-state index contributed by atoms with van der Waals surface area (Å²) in [7, 11) is 3.13. The standard InChI is InChI=1S/C19H21N3O5S/c1-4-21(11-13-7-8-14(25-2)15(10-13)26-3)17(23)12-22-19(24)27-18(20-22)16-6-5-9-28-16/h5-10H,4,11-12H2,1-3H3. The minimum Gasteiger partial charge on any atom is -0.493 e. The van der Waals surface area contributed by atoms with Gasteiger partial charge in [0.2, 0.25) is 5.91 Å². The molecule has 148 valence electrons. The first-order valence-corrected chi connectivity index (χ1v) is 9.54. The van der Waals surface area contributed by atoms with Crippen LogP contribution in [0.2, 0.25) is 0 Å². The Hall–Kier alpha value is -3.07. The summed E-state index contributed by atoms with van der Waals surface area (Å²) in [6, 6.07) is 9.13. The van der Waals surface area contributed by atoms with Gasteiger partial charge >= 0.3 is 5.76 Å². The van der Waals surface area contributed by atoms with Crippen LogP contribution in [0.4, 0.5) is 0 Å². The molecule has 0 bridgehead atoms. The second-order valence-corrected chi connectivity index (χ2v) is 6.85. The van der Waals surface area contributed by atoms with E-state index < -0.39 is 5.76 Å². The lowest BCUT2D eigenvalue weighted by Crippen LogP contribution is -2.35. The molecule has 0 radical (unpaired) electrons. The quantitative estimate of drug-likeness (QED) is 0.575. The van der Waals surface area contributed by atoms with Crippen molar-refractivity contribution >= 4 is 17.2 Å². The third-order valence-electron chi connectivity index (χ3n) is 4.18. The smallest absolute Gasteiger partial charge is 0.437 e. The van der Waals surface area contributed by atoms with Crippen molar-refractivity contribution in [3.63, 3.8) is 0 Å². The second-order valence-electron chi connectivity index (χ2n) is 5.91. The Balaban J connectivity index is 1.73. The van der Waals surface area contributed by atoms with Gasteiger partial charge in [-0.05, 0) is 36.1 Å². The Morgan fingerprint density at radius 1 is 1.25 bits per heavy atom. The van der Waals surface area contributed by atoms with E-state index in [2.05, 4.69) is 5.10 Å². The van der Waals surface area contributed by atoms with E-state index in [-0.39, 0.29) is 18.3 Å². The minimum atomic E-state index is -0.654. The summed E-state index contributed by atoms with van der Waals surface area (Å²) in [4.78, 5) is 27.1. The topological polar surface area (TPSA) is 86.8 Å². The number of methoxy groups -OCH3 is 2. The van der Waals surface area contributed by atoms with Crippen LogP contribution in [0.15, 0.2) is 44.9 Å². The third-order valence-corrected chi connectivity index (χ3v) is 5.04. The molecular formula is C19H21N3O5S. The van der Waals surface area contributed by atoms with E-state index in [9.17, 15) is 9.59 Å². The molecule has 0 saturated heterocycles. The molecule has 0 fully saturated rings. The first-order chi connectivity index (χ1) is 13.5. The number of likely N-dealkylation sites (N-methyl/N-ethyl adjacent to an activating group) is 1. The molecular weight excluding hydrogens is 382 g/mol. The van der Waals surface area contributed by atoms with Gasteiger partial charge in [-0.15, -0.1) is 16.4 Å². The van der Waals surface area contributed by atoms with Crippen LogP contribution in [0.25, 0.3) is 10.8 Å². The molecule has 2 heterocycles. The number of carbonyl (C=O) groups excluding carboxylic acids is 1. The number of ether oxygens (including phenoxy) is 2. The van der Waals surface area contributed by atoms with Crippen molar-refractivity contribution in [2.24, 2.45) is 0 Å². The lowest BCUT2D eigenvalue weighted by atomic mass is 10.2. The second kappa shape index (κ2) is 8.75. The van der Waals surface area contributed by atoms with Gasteiger partial charge in [0.1, 0.15) is 6.54 Å². The summed E-state index contributed by atoms with van der Waals surface area (Å²) < 4.78 is 16.7. The molecule has 3 rings (SSSR count). The van der Waals surface area contributed by atoms with Crippen molar-refractivity contribution in [1.29, 1.82) is 0 Å². The third kappa shape index (κ3) is 4.25. The molecule has 0 N–H and O–H groups in total. The maximum atomic E-state index is 12.7. The Morgan fingerprint density at radius 3 is 2.68 bits per heavy atom. The predicted octanol–water partition coefficient (Wildman–Crippen LogP) is 2.63. The Kier molecular flexibility index (Phi) is 6.15. The van der Waals surface area contributed by atoms with Gasteiger partial charge in [0.05, 0.1) is 19.1 Å². The highest BCUT2D eigenvalue weighted by atomic mass is 32.1. The SMILES string of the molecule is CCN(Cc1ccc(OC)c(OC)c1)C(=O)Cn1nc(-c2cccs2)oc1=O. The lowest BCUT2D eigenvalue weighted by Gasteiger charge is -2.21. The average molecular weight is 403 g/mol. The zero-order chi connectivity index (χ0) is 20.1. The van der Waals surface area contributed by atoms with Gasteiger partial charge in [0.25, 0.3) is 5.89 Å². The van der Waals surface area contributed by atoms with E-state index in [0.29, 0.717) is 24.6 Å². The van der Waals surface area contributed by atoms with Crippen LogP contribution in [0.1, 0.15) is 12.5 Å². The minimum absolute atomic E-state index is 0.186. The molecule has 1 aromatic carbocycles. The van der Waals surface area contributed by atoms with Crippen LogP contribution in [0.3, 0.4) is 0 Å². The van der Waals surface area contributed by atoms with Crippen LogP contribution in [0.5, 0.6) is 11.5 Å². The first kappa shape index (κ1) is 19.7. The van der Waals surface area contributed by atoms with E-state index in [1.807, 2.05) is 30.5 Å². The number of rotatable bonds is 8. The maximum Gasteiger partial charge on any atom is 0.437 e. The molecule has 1 amide bonds.